The van der Waals surface area contributed by atoms with E-state index in [2.05, 4.69) is 20.9 Å². The van der Waals surface area contributed by atoms with Crippen LogP contribution in [0.5, 0.6) is 0 Å². The van der Waals surface area contributed by atoms with Crippen molar-refractivity contribution in [1.29, 1.82) is 0 Å². The van der Waals surface area contributed by atoms with Crippen LogP contribution in [-0.4, -0.2) is 81.6 Å². The first-order chi connectivity index (χ1) is 18.4. The van der Waals surface area contributed by atoms with E-state index in [1.807, 2.05) is 24.3 Å². The van der Waals surface area contributed by atoms with Gasteiger partial charge < -0.3 is 48.3 Å². The van der Waals surface area contributed by atoms with Crippen molar-refractivity contribution in [1.82, 2.24) is 20.9 Å². The number of H-pyrrole nitrogens is 1. The fraction of sp³-hybridized carbons (Fsp3) is 0.480. The van der Waals surface area contributed by atoms with Crippen LogP contribution in [0.4, 0.5) is 0 Å². The minimum atomic E-state index is -1.66. The number of aromatic amines is 1. The lowest BCUT2D eigenvalue weighted by atomic mass is 10.0. The van der Waals surface area contributed by atoms with Gasteiger partial charge in [-0.1, -0.05) is 18.2 Å². The number of rotatable bonds is 16. The first kappa shape index (κ1) is 31.2. The summed E-state index contributed by atoms with van der Waals surface area (Å²) >= 11 is 0. The fourth-order valence-electron chi connectivity index (χ4n) is 3.99. The average molecular weight is 548 g/mol. The van der Waals surface area contributed by atoms with Gasteiger partial charge >= 0.3 is 5.97 Å². The summed E-state index contributed by atoms with van der Waals surface area (Å²) < 4.78 is 0. The Labute approximate surface area is 225 Å². The number of aliphatic carboxylic acids is 1. The largest absolute Gasteiger partial charge is 0.480 e. The molecule has 14 heteroatoms. The molecule has 14 nitrogen and oxygen atoms in total. The van der Waals surface area contributed by atoms with E-state index in [0.29, 0.717) is 19.4 Å². The molecule has 4 amide bonds. The molecule has 2 rings (SSSR count). The van der Waals surface area contributed by atoms with Gasteiger partial charge in [0.25, 0.3) is 0 Å². The normalized spacial score (nSPS) is 15.0. The number of amides is 4. The number of unbranched alkanes of at least 4 members (excludes halogenated alkanes) is 1. The molecule has 0 spiro atoms. The molecular formula is C25H37N7O7. The monoisotopic (exact) mass is 547 g/mol. The zero-order chi connectivity index (χ0) is 29.1. The third kappa shape index (κ3) is 9.35. The first-order valence-corrected chi connectivity index (χ1v) is 12.6. The minimum absolute atomic E-state index is 0.169. The molecule has 0 radical (unpaired) electrons. The van der Waals surface area contributed by atoms with Gasteiger partial charge in [-0.25, -0.2) is 4.79 Å². The maximum atomic E-state index is 13.1. The summed E-state index contributed by atoms with van der Waals surface area (Å²) in [7, 11) is 0. The molecule has 12 N–H and O–H groups in total. The maximum Gasteiger partial charge on any atom is 0.326 e. The molecule has 0 saturated carbocycles. The van der Waals surface area contributed by atoms with Gasteiger partial charge in [-0.3, -0.25) is 19.2 Å². The lowest BCUT2D eigenvalue weighted by molar-refractivity contribution is -0.144. The second-order valence-electron chi connectivity index (χ2n) is 9.31. The maximum absolute atomic E-state index is 13.1. The molecule has 5 atom stereocenters. The highest BCUT2D eigenvalue weighted by atomic mass is 16.4. The second kappa shape index (κ2) is 14.8. The van der Waals surface area contributed by atoms with Crippen LogP contribution in [0.3, 0.4) is 0 Å². The zero-order valence-electron chi connectivity index (χ0n) is 21.7. The van der Waals surface area contributed by atoms with E-state index in [1.54, 1.807) is 6.20 Å². The number of carbonyl (C=O) groups is 5. The summed E-state index contributed by atoms with van der Waals surface area (Å²) in [6.07, 6.45) is 1.03. The van der Waals surface area contributed by atoms with Crippen molar-refractivity contribution in [2.24, 2.45) is 17.2 Å². The fourth-order valence-corrected chi connectivity index (χ4v) is 3.99. The number of carbonyl (C=O) groups excluding carboxylic acids is 4. The van der Waals surface area contributed by atoms with Crippen molar-refractivity contribution in [2.75, 3.05) is 6.54 Å². The number of carboxylic acids is 1. The summed E-state index contributed by atoms with van der Waals surface area (Å²) in [5, 5.41) is 27.3. The van der Waals surface area contributed by atoms with E-state index >= 15 is 0 Å². The molecule has 0 bridgehead atoms. The van der Waals surface area contributed by atoms with Crippen LogP contribution < -0.4 is 33.2 Å². The quantitative estimate of drug-likeness (QED) is 0.105. The van der Waals surface area contributed by atoms with Crippen molar-refractivity contribution in [3.63, 3.8) is 0 Å². The van der Waals surface area contributed by atoms with Crippen LogP contribution in [0.25, 0.3) is 10.9 Å². The predicted molar refractivity (Wildman–Crippen MR) is 142 cm³/mol. The van der Waals surface area contributed by atoms with Crippen LogP contribution >= 0.6 is 0 Å². The molecule has 0 fully saturated rings. The predicted octanol–water partition coefficient (Wildman–Crippen LogP) is -2.04. The molecule has 2 aromatic rings. The molecule has 214 valence electrons. The van der Waals surface area contributed by atoms with E-state index < -0.39 is 66.3 Å². The molecule has 0 aliphatic heterocycles. The lowest BCUT2D eigenvalue weighted by Crippen LogP contribution is -2.60. The summed E-state index contributed by atoms with van der Waals surface area (Å²) in [6, 6.07) is 2.18. The van der Waals surface area contributed by atoms with Crippen molar-refractivity contribution in [3.8, 4) is 0 Å². The highest BCUT2D eigenvalue weighted by molar-refractivity contribution is 5.95. The van der Waals surface area contributed by atoms with Crippen LogP contribution in [-0.2, 0) is 30.4 Å². The summed E-state index contributed by atoms with van der Waals surface area (Å²) in [5.74, 6) is -4.92. The minimum Gasteiger partial charge on any atom is -0.480 e. The molecule has 0 saturated heterocycles. The standard InChI is InChI=1S/C25H37N7O7/c1-13(33)21(24(37)31-19(25(38)39)11-20(28)34)32-23(36)18(8-4-5-9-26)30-22(35)16(27)10-14-12-29-17-7-3-2-6-15(14)17/h2-3,6-7,12-13,16,18-19,21,29,33H,4-5,8-11,26-27H2,1H3,(H2,28,34)(H,30,35)(H,31,37)(H,32,36)(H,38,39). The number of carboxylic acid groups (broad SMARTS) is 1. The van der Waals surface area contributed by atoms with Crippen LogP contribution in [0.1, 0.15) is 38.2 Å². The molecule has 0 aliphatic rings. The SMILES string of the molecule is CC(O)C(NC(=O)C(CCCCN)NC(=O)C(N)Cc1c[nH]c2ccccc12)C(=O)NC(CC(N)=O)C(=O)O. The number of aliphatic hydroxyl groups is 1. The Kier molecular flexibility index (Phi) is 11.8. The Morgan fingerprint density at radius 1 is 0.974 bits per heavy atom. The van der Waals surface area contributed by atoms with Crippen molar-refractivity contribution >= 4 is 40.5 Å². The number of hydrogen-bond acceptors (Lipinski definition) is 8. The van der Waals surface area contributed by atoms with Gasteiger partial charge in [0.1, 0.15) is 18.1 Å². The second-order valence-corrected chi connectivity index (χ2v) is 9.31. The third-order valence-electron chi connectivity index (χ3n) is 6.11. The van der Waals surface area contributed by atoms with Gasteiger partial charge in [0.15, 0.2) is 0 Å². The van der Waals surface area contributed by atoms with Gasteiger partial charge in [-0.2, -0.15) is 0 Å². The topological polar surface area (TPSA) is 256 Å². The van der Waals surface area contributed by atoms with Gasteiger partial charge in [0, 0.05) is 17.1 Å². The van der Waals surface area contributed by atoms with Gasteiger partial charge in [-0.05, 0) is 50.8 Å². The molecular weight excluding hydrogens is 510 g/mol. The summed E-state index contributed by atoms with van der Waals surface area (Å²) in [5.41, 5.74) is 18.4. The number of benzene rings is 1. The number of para-hydroxylation sites is 1. The average Bonchev–Trinajstić information content (AvgIpc) is 3.28. The number of aromatic nitrogens is 1. The van der Waals surface area contributed by atoms with Crippen LogP contribution in [0, 0.1) is 0 Å². The summed E-state index contributed by atoms with van der Waals surface area (Å²) in [4.78, 5) is 64.4. The number of fused-ring (bicyclic) bond motifs is 1. The Morgan fingerprint density at radius 3 is 2.26 bits per heavy atom. The van der Waals surface area contributed by atoms with E-state index in [4.69, 9.17) is 17.2 Å². The first-order valence-electron chi connectivity index (χ1n) is 12.6. The number of hydrogen-bond donors (Lipinski definition) is 9. The molecule has 1 heterocycles. The molecule has 5 unspecified atom stereocenters. The Hall–Kier alpha value is -4.01. The number of nitrogens with two attached hydrogens (primary N) is 3. The van der Waals surface area contributed by atoms with Crippen LogP contribution in [0.15, 0.2) is 30.5 Å². The van der Waals surface area contributed by atoms with E-state index in [1.165, 1.54) is 6.92 Å². The Bertz CT molecular complexity index is 1170. The highest BCUT2D eigenvalue weighted by Crippen LogP contribution is 2.19. The smallest absolute Gasteiger partial charge is 0.326 e. The Morgan fingerprint density at radius 2 is 1.64 bits per heavy atom. The molecule has 0 aliphatic carbocycles. The van der Waals surface area contributed by atoms with Crippen LogP contribution in [0.2, 0.25) is 0 Å². The van der Waals surface area contributed by atoms with Gasteiger partial charge in [0.05, 0.1) is 18.6 Å². The van der Waals surface area contributed by atoms with E-state index in [0.717, 1.165) is 16.5 Å². The van der Waals surface area contributed by atoms with Gasteiger partial charge in [0.2, 0.25) is 23.6 Å². The van der Waals surface area contributed by atoms with E-state index in [9.17, 15) is 34.2 Å². The number of nitrogens with one attached hydrogen (secondary N) is 4. The number of aliphatic hydroxyl groups excluding tert-OH is 1. The zero-order valence-corrected chi connectivity index (χ0v) is 21.7. The summed E-state index contributed by atoms with van der Waals surface area (Å²) in [6.45, 7) is 1.57. The molecule has 39 heavy (non-hydrogen) atoms. The molecule has 1 aromatic heterocycles. The highest BCUT2D eigenvalue weighted by Gasteiger charge is 2.33. The van der Waals surface area contributed by atoms with E-state index in [-0.39, 0.29) is 12.8 Å². The third-order valence-corrected chi connectivity index (χ3v) is 6.11. The molecule has 1 aromatic carbocycles. The van der Waals surface area contributed by atoms with Crippen molar-refractivity contribution in [2.45, 2.75) is 69.3 Å². The Balaban J connectivity index is 2.12. The van der Waals surface area contributed by atoms with Gasteiger partial charge in [-0.15, -0.1) is 0 Å². The van der Waals surface area contributed by atoms with Crippen molar-refractivity contribution < 1.29 is 34.2 Å². The van der Waals surface area contributed by atoms with Crippen molar-refractivity contribution in [3.05, 3.63) is 36.0 Å². The lowest BCUT2D eigenvalue weighted by Gasteiger charge is -2.26. The number of primary amides is 1.